The number of hydrogen-bond acceptors (Lipinski definition) is 26. The molecule has 2 aromatic carbocycles. The number of nitrogens with zero attached hydrogens (tertiary/aromatic N) is 12. The number of imide groups is 1. The molecule has 1 aliphatic heterocycles. The number of nitrogens with two attached hydrogens (primary N) is 4. The Hall–Kier alpha value is -10.9. The summed E-state index contributed by atoms with van der Waals surface area (Å²) >= 11 is 0. The van der Waals surface area contributed by atoms with Crippen molar-refractivity contribution in [2.24, 2.45) is 0 Å². The third-order valence-electron chi connectivity index (χ3n) is 15.6. The number of aromatic nitrogens is 8. The molecule has 7 amide bonds. The van der Waals surface area contributed by atoms with Crippen molar-refractivity contribution in [3.63, 3.8) is 0 Å². The van der Waals surface area contributed by atoms with Gasteiger partial charge < -0.3 is 83.9 Å². The molecule has 5 heterocycles. The SMILES string of the molecule is CN(Cc1cnc2nc(N)nc(N)c2n1)c1ccc(C(=O)N[C@@H](CCC(=O)NCCCCCN(CCCCCNC(=O)CC[C@@H](NC(=O)c2ccc(N(C)Cc3cnc4nc(N)nc(N)c4n3)cc2)C(=O)O)CCOCCOCCNC(=O)CCCN2C(=O)C=CC2=O)C(=O)O)cc1. The lowest BCUT2D eigenvalue weighted by atomic mass is 10.1. The lowest BCUT2D eigenvalue weighted by molar-refractivity contribution is -0.140. The van der Waals surface area contributed by atoms with Gasteiger partial charge in [-0.15, -0.1) is 0 Å². The predicted molar refractivity (Wildman–Crippen MR) is 361 cm³/mol. The Morgan fingerprint density at radius 2 is 0.939 bits per heavy atom. The Labute approximate surface area is 564 Å². The first-order valence-corrected chi connectivity index (χ1v) is 32.1. The van der Waals surface area contributed by atoms with Gasteiger partial charge in [-0.1, -0.05) is 12.8 Å². The first kappa shape index (κ1) is 74.5. The van der Waals surface area contributed by atoms with Crippen LogP contribution in [0.5, 0.6) is 0 Å². The molecule has 0 fully saturated rings. The van der Waals surface area contributed by atoms with E-state index in [1.165, 1.54) is 12.2 Å². The van der Waals surface area contributed by atoms with E-state index in [0.717, 1.165) is 55.0 Å². The number of ether oxygens (including phenoxy) is 2. The van der Waals surface area contributed by atoms with Crippen LogP contribution in [-0.4, -0.2) is 212 Å². The fraction of sp³-hybridized carbons (Fsp3) is 0.453. The highest BCUT2D eigenvalue weighted by Gasteiger charge is 2.26. The molecule has 34 heteroatoms. The number of amides is 7. The molecule has 0 bridgehead atoms. The number of unbranched alkanes of at least 4 members (excludes halogenated alkanes) is 4. The summed E-state index contributed by atoms with van der Waals surface area (Å²) in [5, 5.41) is 33.4. The molecule has 0 aliphatic carbocycles. The molecule has 1 aliphatic rings. The van der Waals surface area contributed by atoms with E-state index in [0.29, 0.717) is 94.2 Å². The molecule has 34 nitrogen and oxygen atoms in total. The molecule has 0 unspecified atom stereocenters. The fourth-order valence-electron chi connectivity index (χ4n) is 10.2. The summed E-state index contributed by atoms with van der Waals surface area (Å²) in [4.78, 5) is 153. The number of aliphatic carboxylic acids is 2. The van der Waals surface area contributed by atoms with Crippen LogP contribution in [0.2, 0.25) is 0 Å². The fourth-order valence-corrected chi connectivity index (χ4v) is 10.2. The number of carbonyl (C=O) groups excluding carboxylic acids is 7. The van der Waals surface area contributed by atoms with Crippen LogP contribution in [0.4, 0.5) is 34.9 Å². The monoisotopic (exact) mass is 1360 g/mol. The van der Waals surface area contributed by atoms with Gasteiger partial charge in [-0.05, 0) is 107 Å². The van der Waals surface area contributed by atoms with Crippen LogP contribution in [0, 0.1) is 0 Å². The van der Waals surface area contributed by atoms with Gasteiger partial charge in [-0.3, -0.25) is 38.5 Å². The standard InChI is InChI=1S/C64H85N21O13/c1-82(38-42-36-72-57-53(74-42)55(65)78-63(67)80-57)44-15-11-40(12-16-44)59(91)76-46(61(93)94)19-21-49(87)69-25-5-3-7-28-84(31-33-98-35-34-97-32-27-71-48(86)10-9-30-85-51(89)23-24-52(85)90)29-8-4-6-26-70-50(88)22-20-47(62(95)96)77-60(92)41-13-17-45(18-14-41)83(2)39-43-37-73-58-54(75-43)56(66)79-64(68)81-58/h11-18,23-24,36-37,46-47H,3-10,19-22,25-35,38-39H2,1-2H3,(H,69,87)(H,70,88)(H,71,86)(H,76,91)(H,77,92)(H,93,94)(H,95,96)(H4,65,67,72,78,80)(H4,66,68,73,79,81)/t46-,47+. The van der Waals surface area contributed by atoms with Crippen LogP contribution >= 0.6 is 0 Å². The molecule has 6 aromatic rings. The average Bonchev–Trinajstić information content (AvgIpc) is 1.04. The summed E-state index contributed by atoms with van der Waals surface area (Å²) in [6, 6.07) is 10.5. The van der Waals surface area contributed by atoms with Crippen molar-refractivity contribution in [1.29, 1.82) is 0 Å². The van der Waals surface area contributed by atoms with Crippen molar-refractivity contribution in [1.82, 2.24) is 76.3 Å². The summed E-state index contributed by atoms with van der Waals surface area (Å²) in [5.74, 6) is -5.29. The Morgan fingerprint density at radius 3 is 1.39 bits per heavy atom. The van der Waals surface area contributed by atoms with E-state index < -0.39 is 35.8 Å². The minimum Gasteiger partial charge on any atom is -0.480 e. The van der Waals surface area contributed by atoms with E-state index in [1.54, 1.807) is 60.9 Å². The molecule has 7 rings (SSSR count). The van der Waals surface area contributed by atoms with Crippen molar-refractivity contribution in [3.05, 3.63) is 95.6 Å². The maximum Gasteiger partial charge on any atom is 0.326 e. The first-order valence-electron chi connectivity index (χ1n) is 32.1. The van der Waals surface area contributed by atoms with Crippen LogP contribution < -0.4 is 59.3 Å². The molecule has 524 valence electrons. The maximum atomic E-state index is 13.2. The van der Waals surface area contributed by atoms with Crippen LogP contribution in [0.25, 0.3) is 22.3 Å². The minimum atomic E-state index is -1.31. The minimum absolute atomic E-state index is 0.0111. The average molecular weight is 1360 g/mol. The Kier molecular flexibility index (Phi) is 28.9. The zero-order valence-electron chi connectivity index (χ0n) is 54.8. The number of rotatable bonds is 43. The van der Waals surface area contributed by atoms with E-state index >= 15 is 0 Å². The van der Waals surface area contributed by atoms with Crippen LogP contribution in [0.1, 0.15) is 109 Å². The van der Waals surface area contributed by atoms with Gasteiger partial charge in [0.2, 0.25) is 29.6 Å². The highest BCUT2D eigenvalue weighted by molar-refractivity contribution is 6.13. The lowest BCUT2D eigenvalue weighted by Gasteiger charge is -2.22. The van der Waals surface area contributed by atoms with Gasteiger partial charge in [0, 0.05) is 101 Å². The van der Waals surface area contributed by atoms with Crippen LogP contribution in [-0.2, 0) is 56.1 Å². The van der Waals surface area contributed by atoms with Gasteiger partial charge in [0.25, 0.3) is 23.6 Å². The molecule has 98 heavy (non-hydrogen) atoms. The Balaban J connectivity index is 0.777. The van der Waals surface area contributed by atoms with Gasteiger partial charge in [0.15, 0.2) is 34.0 Å². The third kappa shape index (κ3) is 24.1. The largest absolute Gasteiger partial charge is 0.480 e. The summed E-state index contributed by atoms with van der Waals surface area (Å²) in [6.45, 7) is 5.20. The zero-order valence-corrected chi connectivity index (χ0v) is 54.8. The zero-order chi connectivity index (χ0) is 70.5. The van der Waals surface area contributed by atoms with Gasteiger partial charge in [0.05, 0.1) is 63.3 Å². The first-order chi connectivity index (χ1) is 47.1. The number of fused-ring (bicyclic) bond motifs is 2. The number of carboxylic acid groups (broad SMARTS) is 2. The smallest absolute Gasteiger partial charge is 0.326 e. The molecule has 15 N–H and O–H groups in total. The number of nitrogen functional groups attached to an aromatic ring is 4. The molecular weight excluding hydrogens is 1270 g/mol. The number of benzene rings is 2. The van der Waals surface area contributed by atoms with Gasteiger partial charge in [0.1, 0.15) is 12.1 Å². The van der Waals surface area contributed by atoms with E-state index in [4.69, 9.17) is 32.4 Å². The topological polar surface area (TPSA) is 493 Å². The summed E-state index contributed by atoms with van der Waals surface area (Å²) in [6.07, 6.45) is 9.96. The van der Waals surface area contributed by atoms with Crippen molar-refractivity contribution in [2.45, 2.75) is 102 Å². The number of nitrogens with one attached hydrogen (secondary N) is 5. The van der Waals surface area contributed by atoms with E-state index in [9.17, 15) is 53.4 Å². The number of anilines is 6. The van der Waals surface area contributed by atoms with Crippen molar-refractivity contribution in [2.75, 3.05) is 119 Å². The molecule has 0 radical (unpaired) electrons. The van der Waals surface area contributed by atoms with Crippen LogP contribution in [0.15, 0.2) is 73.1 Å². The van der Waals surface area contributed by atoms with E-state index in [2.05, 4.69) is 71.4 Å². The number of hydrogen-bond donors (Lipinski definition) is 11. The summed E-state index contributed by atoms with van der Waals surface area (Å²) < 4.78 is 11.5. The molecule has 0 saturated carbocycles. The highest BCUT2D eigenvalue weighted by atomic mass is 16.5. The van der Waals surface area contributed by atoms with Gasteiger partial charge in [-0.2, -0.15) is 19.9 Å². The van der Waals surface area contributed by atoms with E-state index in [1.807, 2.05) is 23.9 Å². The van der Waals surface area contributed by atoms with Crippen molar-refractivity contribution >= 4 is 111 Å². The second-order valence-electron chi connectivity index (χ2n) is 23.1. The molecule has 0 spiro atoms. The third-order valence-corrected chi connectivity index (χ3v) is 15.6. The molecule has 4 aromatic heterocycles. The Morgan fingerprint density at radius 1 is 0.510 bits per heavy atom. The number of carboxylic acids is 2. The number of carbonyl (C=O) groups is 9. The van der Waals surface area contributed by atoms with Crippen LogP contribution in [0.3, 0.4) is 0 Å². The van der Waals surface area contributed by atoms with E-state index in [-0.39, 0.29) is 127 Å². The normalized spacial score (nSPS) is 12.6. The predicted octanol–water partition coefficient (Wildman–Crippen LogP) is 1.11. The Bertz CT molecular complexity index is 3550. The summed E-state index contributed by atoms with van der Waals surface area (Å²) in [7, 11) is 3.64. The van der Waals surface area contributed by atoms with Crippen molar-refractivity contribution < 1.29 is 62.8 Å². The molecule has 0 saturated heterocycles. The second kappa shape index (κ2) is 38.0. The second-order valence-corrected chi connectivity index (χ2v) is 23.1. The van der Waals surface area contributed by atoms with Crippen molar-refractivity contribution in [3.8, 4) is 0 Å². The summed E-state index contributed by atoms with van der Waals surface area (Å²) in [5.41, 5.74) is 27.5. The maximum absolute atomic E-state index is 13.2. The highest BCUT2D eigenvalue weighted by Crippen LogP contribution is 2.22. The lowest BCUT2D eigenvalue weighted by Crippen LogP contribution is -2.41. The van der Waals surface area contributed by atoms with Gasteiger partial charge in [-0.25, -0.2) is 29.5 Å². The molecule has 2 atom stereocenters. The molecular formula is C64H85N21O13. The van der Waals surface area contributed by atoms with Gasteiger partial charge >= 0.3 is 11.9 Å². The quantitative estimate of drug-likeness (QED) is 0.0189.